The number of hydrogen-bond donors (Lipinski definition) is 1. The first-order valence-electron chi connectivity index (χ1n) is 7.76. The van der Waals surface area contributed by atoms with Gasteiger partial charge in [-0.3, -0.25) is 9.88 Å². The third-order valence-electron chi connectivity index (χ3n) is 3.41. The Bertz CT molecular complexity index is 581. The topological polar surface area (TPSA) is 63.1 Å². The van der Waals surface area contributed by atoms with Gasteiger partial charge in [0.15, 0.2) is 0 Å². The second-order valence-corrected chi connectivity index (χ2v) is 5.04. The van der Waals surface area contributed by atoms with Gasteiger partial charge in [-0.1, -0.05) is 19.8 Å². The normalized spacial score (nSPS) is 10.5. The van der Waals surface area contributed by atoms with Gasteiger partial charge in [-0.15, -0.1) is 0 Å². The molecule has 0 saturated heterocycles. The van der Waals surface area contributed by atoms with Crippen LogP contribution in [0.4, 0.5) is 10.5 Å². The molecule has 0 aliphatic heterocycles. The maximum atomic E-state index is 12.2. The third kappa shape index (κ3) is 4.07. The van der Waals surface area contributed by atoms with Crippen LogP contribution in [-0.2, 0) is 0 Å². The lowest BCUT2D eigenvalue weighted by molar-refractivity contribution is 0.246. The zero-order valence-corrected chi connectivity index (χ0v) is 13.2. The van der Waals surface area contributed by atoms with Gasteiger partial charge in [-0.05, 0) is 25.5 Å². The first kappa shape index (κ1) is 16.0. The highest BCUT2D eigenvalue weighted by Gasteiger charge is 2.15. The summed E-state index contributed by atoms with van der Waals surface area (Å²) in [4.78, 5) is 18.0. The molecule has 0 saturated carbocycles. The van der Waals surface area contributed by atoms with E-state index in [1.807, 2.05) is 25.3 Å². The van der Waals surface area contributed by atoms with E-state index in [-0.39, 0.29) is 6.03 Å². The Labute approximate surface area is 131 Å². The van der Waals surface area contributed by atoms with E-state index in [0.29, 0.717) is 13.1 Å². The zero-order chi connectivity index (χ0) is 15.8. The number of hydrogen-bond acceptors (Lipinski definition) is 3. The molecule has 2 heterocycles. The molecule has 0 spiro atoms. The van der Waals surface area contributed by atoms with Crippen molar-refractivity contribution in [2.24, 2.45) is 0 Å². The second-order valence-electron chi connectivity index (χ2n) is 5.04. The molecular formula is C16H23N5O. The van der Waals surface area contributed by atoms with E-state index < -0.39 is 0 Å². The van der Waals surface area contributed by atoms with Crippen LogP contribution < -0.4 is 10.2 Å². The largest absolute Gasteiger partial charge is 0.338 e. The summed E-state index contributed by atoms with van der Waals surface area (Å²) in [5.74, 6) is 0. The molecule has 0 aliphatic carbocycles. The van der Waals surface area contributed by atoms with Crippen LogP contribution in [0.5, 0.6) is 0 Å². The molecule has 6 nitrogen and oxygen atoms in total. The predicted molar refractivity (Wildman–Crippen MR) is 87.3 cm³/mol. The van der Waals surface area contributed by atoms with E-state index in [2.05, 4.69) is 22.3 Å². The number of urea groups is 1. The highest BCUT2D eigenvalue weighted by Crippen LogP contribution is 2.15. The Morgan fingerprint density at radius 3 is 2.86 bits per heavy atom. The number of carbonyl (C=O) groups is 1. The maximum absolute atomic E-state index is 12.2. The summed E-state index contributed by atoms with van der Waals surface area (Å²) in [6.45, 7) is 5.40. The van der Waals surface area contributed by atoms with Crippen LogP contribution in [0.3, 0.4) is 0 Å². The van der Waals surface area contributed by atoms with E-state index in [0.717, 1.165) is 30.6 Å². The van der Waals surface area contributed by atoms with E-state index >= 15 is 0 Å². The lowest BCUT2D eigenvalue weighted by Gasteiger charge is -2.19. The first-order valence-corrected chi connectivity index (χ1v) is 7.76. The Morgan fingerprint density at radius 1 is 1.32 bits per heavy atom. The molecule has 2 rings (SSSR count). The van der Waals surface area contributed by atoms with Crippen LogP contribution in [0.25, 0.3) is 5.69 Å². The van der Waals surface area contributed by atoms with E-state index in [9.17, 15) is 4.79 Å². The number of anilines is 1. The van der Waals surface area contributed by atoms with Crippen molar-refractivity contribution >= 4 is 11.7 Å². The van der Waals surface area contributed by atoms with Crippen LogP contribution in [0.15, 0.2) is 36.9 Å². The first-order chi connectivity index (χ1) is 10.8. The smallest absolute Gasteiger partial charge is 0.321 e. The second kappa shape index (κ2) is 8.17. The monoisotopic (exact) mass is 301 g/mol. The molecule has 2 amide bonds. The van der Waals surface area contributed by atoms with Crippen LogP contribution in [0, 0.1) is 0 Å². The highest BCUT2D eigenvalue weighted by molar-refractivity contribution is 5.91. The molecule has 2 aromatic rings. The van der Waals surface area contributed by atoms with E-state index in [1.54, 1.807) is 28.2 Å². The molecule has 0 atom stereocenters. The predicted octanol–water partition coefficient (Wildman–Crippen LogP) is 2.99. The van der Waals surface area contributed by atoms with Crippen LogP contribution in [-0.4, -0.2) is 33.9 Å². The van der Waals surface area contributed by atoms with Gasteiger partial charge in [0.2, 0.25) is 0 Å². The Balaban J connectivity index is 2.02. The van der Waals surface area contributed by atoms with Crippen molar-refractivity contribution in [3.8, 4) is 5.69 Å². The summed E-state index contributed by atoms with van der Waals surface area (Å²) < 4.78 is 1.72. The van der Waals surface area contributed by atoms with Crippen LogP contribution in [0.1, 0.15) is 33.1 Å². The Hall–Kier alpha value is -2.37. The van der Waals surface area contributed by atoms with Crippen LogP contribution in [0.2, 0.25) is 0 Å². The SMILES string of the molecule is CCCCCNC(=O)N(CC)c1cnn(-c2cccnc2)c1. The molecule has 0 bridgehead atoms. The molecule has 0 aromatic carbocycles. The van der Waals surface area contributed by atoms with Gasteiger partial charge in [-0.2, -0.15) is 5.10 Å². The molecular weight excluding hydrogens is 278 g/mol. The minimum atomic E-state index is -0.0793. The molecule has 6 heteroatoms. The lowest BCUT2D eigenvalue weighted by Crippen LogP contribution is -2.40. The fourth-order valence-electron chi connectivity index (χ4n) is 2.19. The number of nitrogens with one attached hydrogen (secondary N) is 1. The molecule has 22 heavy (non-hydrogen) atoms. The van der Waals surface area contributed by atoms with Crippen molar-refractivity contribution in [3.63, 3.8) is 0 Å². The molecule has 0 unspecified atom stereocenters. The number of nitrogens with zero attached hydrogens (tertiary/aromatic N) is 4. The van der Waals surface area contributed by atoms with Crippen molar-refractivity contribution in [3.05, 3.63) is 36.9 Å². The molecule has 0 radical (unpaired) electrons. The Kier molecular flexibility index (Phi) is 5.94. The summed E-state index contributed by atoms with van der Waals surface area (Å²) in [7, 11) is 0. The van der Waals surface area contributed by atoms with Crippen molar-refractivity contribution in [1.29, 1.82) is 0 Å². The summed E-state index contributed by atoms with van der Waals surface area (Å²) in [6, 6.07) is 3.70. The van der Waals surface area contributed by atoms with Gasteiger partial charge in [0.25, 0.3) is 0 Å². The van der Waals surface area contributed by atoms with E-state index in [4.69, 9.17) is 0 Å². The number of carbonyl (C=O) groups excluding carboxylic acids is 1. The van der Waals surface area contributed by atoms with Crippen molar-refractivity contribution < 1.29 is 4.79 Å². The van der Waals surface area contributed by atoms with Gasteiger partial charge in [0.05, 0.1) is 30.0 Å². The van der Waals surface area contributed by atoms with Gasteiger partial charge in [-0.25, -0.2) is 9.48 Å². The van der Waals surface area contributed by atoms with Crippen molar-refractivity contribution in [1.82, 2.24) is 20.1 Å². The number of rotatable bonds is 7. The van der Waals surface area contributed by atoms with E-state index in [1.165, 1.54) is 0 Å². The summed E-state index contributed by atoms with van der Waals surface area (Å²) in [5.41, 5.74) is 1.65. The van der Waals surface area contributed by atoms with Crippen molar-refractivity contribution in [2.75, 3.05) is 18.0 Å². The number of unbranched alkanes of at least 4 members (excludes halogenated alkanes) is 2. The zero-order valence-electron chi connectivity index (χ0n) is 13.2. The third-order valence-corrected chi connectivity index (χ3v) is 3.41. The molecule has 118 valence electrons. The average molecular weight is 301 g/mol. The van der Waals surface area contributed by atoms with Gasteiger partial charge >= 0.3 is 6.03 Å². The average Bonchev–Trinajstić information content (AvgIpc) is 3.03. The summed E-state index contributed by atoms with van der Waals surface area (Å²) in [6.07, 6.45) is 10.3. The highest BCUT2D eigenvalue weighted by atomic mass is 16.2. The number of aromatic nitrogens is 3. The fraction of sp³-hybridized carbons (Fsp3) is 0.438. The minimum absolute atomic E-state index is 0.0793. The fourth-order valence-corrected chi connectivity index (χ4v) is 2.19. The molecule has 2 aromatic heterocycles. The van der Waals surface area contributed by atoms with Gasteiger partial charge in [0, 0.05) is 19.3 Å². The number of amides is 2. The summed E-state index contributed by atoms with van der Waals surface area (Å²) >= 11 is 0. The minimum Gasteiger partial charge on any atom is -0.338 e. The Morgan fingerprint density at radius 2 is 2.18 bits per heavy atom. The molecule has 0 fully saturated rings. The quantitative estimate of drug-likeness (QED) is 0.800. The summed E-state index contributed by atoms with van der Waals surface area (Å²) in [5, 5.41) is 7.26. The van der Waals surface area contributed by atoms with Crippen molar-refractivity contribution in [2.45, 2.75) is 33.1 Å². The van der Waals surface area contributed by atoms with Crippen LogP contribution >= 0.6 is 0 Å². The lowest BCUT2D eigenvalue weighted by atomic mass is 10.2. The van der Waals surface area contributed by atoms with Gasteiger partial charge in [0.1, 0.15) is 0 Å². The number of pyridine rings is 1. The van der Waals surface area contributed by atoms with Gasteiger partial charge < -0.3 is 5.32 Å². The standard InChI is InChI=1S/C16H23N5O/c1-3-5-6-10-18-16(22)20(4-2)15-12-19-21(13-15)14-8-7-9-17-11-14/h7-9,11-13H,3-6,10H2,1-2H3,(H,18,22). The molecule has 0 aliphatic rings. The maximum Gasteiger partial charge on any atom is 0.321 e. The molecule has 1 N–H and O–H groups in total.